The van der Waals surface area contributed by atoms with E-state index in [2.05, 4.69) is 10.3 Å². The standard InChI is InChI=1S/C17H27N3O2/c1-5-10-20(11-6-2)16(22)17(3,4)15(21)19-13-14-8-7-9-18-12-14/h7-9,12H,5-6,10-11,13H2,1-4H3,(H,19,21). The molecule has 0 unspecified atom stereocenters. The van der Waals surface area contributed by atoms with Gasteiger partial charge in [0.15, 0.2) is 0 Å². The molecule has 1 aromatic heterocycles. The van der Waals surface area contributed by atoms with Crippen LogP contribution in [-0.2, 0) is 16.1 Å². The van der Waals surface area contributed by atoms with Crippen molar-refractivity contribution in [2.75, 3.05) is 13.1 Å². The van der Waals surface area contributed by atoms with Gasteiger partial charge in [-0.25, -0.2) is 0 Å². The molecule has 1 heterocycles. The number of hydrogen-bond acceptors (Lipinski definition) is 3. The van der Waals surface area contributed by atoms with E-state index in [0.29, 0.717) is 19.6 Å². The van der Waals surface area contributed by atoms with E-state index >= 15 is 0 Å². The molecule has 0 aliphatic rings. The topological polar surface area (TPSA) is 62.3 Å². The van der Waals surface area contributed by atoms with Gasteiger partial charge in [-0.1, -0.05) is 19.9 Å². The molecule has 0 aliphatic heterocycles. The lowest BCUT2D eigenvalue weighted by atomic mass is 9.90. The van der Waals surface area contributed by atoms with Gasteiger partial charge in [0.25, 0.3) is 0 Å². The number of pyridine rings is 1. The van der Waals surface area contributed by atoms with Crippen LogP contribution in [0.3, 0.4) is 0 Å². The second-order valence-electron chi connectivity index (χ2n) is 5.96. The predicted octanol–water partition coefficient (Wildman–Crippen LogP) is 2.37. The SMILES string of the molecule is CCCN(CCC)C(=O)C(C)(C)C(=O)NCc1cccnc1. The highest BCUT2D eigenvalue weighted by atomic mass is 16.2. The van der Waals surface area contributed by atoms with E-state index < -0.39 is 5.41 Å². The summed E-state index contributed by atoms with van der Waals surface area (Å²) in [5, 5.41) is 2.83. The van der Waals surface area contributed by atoms with E-state index in [9.17, 15) is 9.59 Å². The van der Waals surface area contributed by atoms with Crippen LogP contribution in [0.5, 0.6) is 0 Å². The van der Waals surface area contributed by atoms with Gasteiger partial charge in [0.1, 0.15) is 5.41 Å². The molecular formula is C17H27N3O2. The van der Waals surface area contributed by atoms with Crippen molar-refractivity contribution in [3.05, 3.63) is 30.1 Å². The van der Waals surface area contributed by atoms with Crippen LogP contribution in [0.25, 0.3) is 0 Å². The Morgan fingerprint density at radius 1 is 1.23 bits per heavy atom. The smallest absolute Gasteiger partial charge is 0.237 e. The Bertz CT molecular complexity index is 480. The van der Waals surface area contributed by atoms with E-state index in [-0.39, 0.29) is 11.8 Å². The van der Waals surface area contributed by atoms with Gasteiger partial charge in [-0.2, -0.15) is 0 Å². The molecule has 0 bridgehead atoms. The van der Waals surface area contributed by atoms with E-state index in [1.807, 2.05) is 26.0 Å². The van der Waals surface area contributed by atoms with Gasteiger partial charge in [-0.3, -0.25) is 14.6 Å². The van der Waals surface area contributed by atoms with Gasteiger partial charge in [0.2, 0.25) is 11.8 Å². The molecule has 122 valence electrons. The van der Waals surface area contributed by atoms with Gasteiger partial charge < -0.3 is 10.2 Å². The van der Waals surface area contributed by atoms with Gasteiger partial charge in [-0.15, -0.1) is 0 Å². The maximum absolute atomic E-state index is 12.7. The number of hydrogen-bond donors (Lipinski definition) is 1. The van der Waals surface area contributed by atoms with Crippen LogP contribution in [0.4, 0.5) is 0 Å². The first-order chi connectivity index (χ1) is 10.4. The van der Waals surface area contributed by atoms with Crippen molar-refractivity contribution < 1.29 is 9.59 Å². The molecule has 1 N–H and O–H groups in total. The van der Waals surface area contributed by atoms with Crippen LogP contribution in [0, 0.1) is 5.41 Å². The largest absolute Gasteiger partial charge is 0.351 e. The van der Waals surface area contributed by atoms with Gasteiger partial charge in [-0.05, 0) is 38.3 Å². The quantitative estimate of drug-likeness (QED) is 0.750. The number of carbonyl (C=O) groups excluding carboxylic acids is 2. The Kier molecular flexibility index (Phi) is 7.02. The minimum Gasteiger partial charge on any atom is -0.351 e. The van der Waals surface area contributed by atoms with Gasteiger partial charge in [0, 0.05) is 32.0 Å². The fourth-order valence-corrected chi connectivity index (χ4v) is 2.25. The monoisotopic (exact) mass is 305 g/mol. The van der Waals surface area contributed by atoms with Crippen molar-refractivity contribution in [2.45, 2.75) is 47.1 Å². The summed E-state index contributed by atoms with van der Waals surface area (Å²) in [6, 6.07) is 3.71. The fourth-order valence-electron chi connectivity index (χ4n) is 2.25. The van der Waals surface area contributed by atoms with Crippen molar-refractivity contribution >= 4 is 11.8 Å². The van der Waals surface area contributed by atoms with Gasteiger partial charge in [0.05, 0.1) is 0 Å². The van der Waals surface area contributed by atoms with Crippen molar-refractivity contribution in [2.24, 2.45) is 5.41 Å². The normalized spacial score (nSPS) is 11.1. The Labute approximate surface area is 133 Å². The third kappa shape index (κ3) is 4.83. The lowest BCUT2D eigenvalue weighted by Crippen LogP contribution is -2.49. The molecule has 0 aromatic carbocycles. The highest BCUT2D eigenvalue weighted by Crippen LogP contribution is 2.20. The average molecular weight is 305 g/mol. The van der Waals surface area contributed by atoms with E-state index in [4.69, 9.17) is 0 Å². The van der Waals surface area contributed by atoms with Crippen LogP contribution in [-0.4, -0.2) is 34.8 Å². The second-order valence-corrected chi connectivity index (χ2v) is 5.96. The molecular weight excluding hydrogens is 278 g/mol. The molecule has 0 fully saturated rings. The minimum absolute atomic E-state index is 0.111. The number of rotatable bonds is 8. The molecule has 1 rings (SSSR count). The molecule has 0 aliphatic carbocycles. The van der Waals surface area contributed by atoms with Crippen molar-refractivity contribution in [3.8, 4) is 0 Å². The Balaban J connectivity index is 2.69. The zero-order valence-electron chi connectivity index (χ0n) is 14.1. The number of aromatic nitrogens is 1. The third-order valence-corrected chi connectivity index (χ3v) is 3.55. The maximum Gasteiger partial charge on any atom is 0.237 e. The molecule has 0 saturated heterocycles. The zero-order chi connectivity index (χ0) is 16.6. The molecule has 0 saturated carbocycles. The minimum atomic E-state index is -1.06. The van der Waals surface area contributed by atoms with Crippen LogP contribution in [0.2, 0.25) is 0 Å². The summed E-state index contributed by atoms with van der Waals surface area (Å²) in [6.45, 7) is 9.19. The van der Waals surface area contributed by atoms with E-state index in [1.54, 1.807) is 31.1 Å². The van der Waals surface area contributed by atoms with Crippen molar-refractivity contribution in [3.63, 3.8) is 0 Å². The molecule has 0 spiro atoms. The summed E-state index contributed by atoms with van der Waals surface area (Å²) in [6.07, 6.45) is 5.17. The molecule has 2 amide bonds. The Morgan fingerprint density at radius 3 is 2.36 bits per heavy atom. The molecule has 22 heavy (non-hydrogen) atoms. The van der Waals surface area contributed by atoms with Crippen LogP contribution in [0.15, 0.2) is 24.5 Å². The number of amides is 2. The summed E-state index contributed by atoms with van der Waals surface area (Å²) < 4.78 is 0. The maximum atomic E-state index is 12.7. The molecule has 0 atom stereocenters. The Hall–Kier alpha value is -1.91. The average Bonchev–Trinajstić information content (AvgIpc) is 2.52. The molecule has 0 radical (unpaired) electrons. The van der Waals surface area contributed by atoms with Crippen LogP contribution >= 0.6 is 0 Å². The lowest BCUT2D eigenvalue weighted by molar-refractivity contribution is -0.148. The van der Waals surface area contributed by atoms with Gasteiger partial charge >= 0.3 is 0 Å². The van der Waals surface area contributed by atoms with Crippen molar-refractivity contribution in [1.82, 2.24) is 15.2 Å². The summed E-state index contributed by atoms with van der Waals surface area (Å²) in [5.74, 6) is -0.363. The van der Waals surface area contributed by atoms with Crippen molar-refractivity contribution in [1.29, 1.82) is 0 Å². The van der Waals surface area contributed by atoms with Crippen LogP contribution in [0.1, 0.15) is 46.1 Å². The van der Waals surface area contributed by atoms with E-state index in [0.717, 1.165) is 18.4 Å². The fraction of sp³-hybridized carbons (Fsp3) is 0.588. The number of nitrogens with zero attached hydrogens (tertiary/aromatic N) is 2. The predicted molar refractivity (Wildman–Crippen MR) is 87.0 cm³/mol. The summed E-state index contributed by atoms with van der Waals surface area (Å²) in [7, 11) is 0. The van der Waals surface area contributed by atoms with E-state index in [1.165, 1.54) is 0 Å². The molecule has 5 nitrogen and oxygen atoms in total. The number of nitrogens with one attached hydrogen (secondary N) is 1. The molecule has 1 aromatic rings. The summed E-state index contributed by atoms with van der Waals surface area (Å²) in [5.41, 5.74) is -0.148. The Morgan fingerprint density at radius 2 is 1.86 bits per heavy atom. The summed E-state index contributed by atoms with van der Waals surface area (Å²) in [4.78, 5) is 30.9. The first-order valence-corrected chi connectivity index (χ1v) is 7.90. The number of carbonyl (C=O) groups is 2. The van der Waals surface area contributed by atoms with Crippen LogP contribution < -0.4 is 5.32 Å². The highest BCUT2D eigenvalue weighted by molar-refractivity contribution is 6.04. The zero-order valence-corrected chi connectivity index (χ0v) is 14.1. The first kappa shape index (κ1) is 18.1. The lowest BCUT2D eigenvalue weighted by Gasteiger charge is -2.30. The second kappa shape index (κ2) is 8.51. The molecule has 5 heteroatoms. The third-order valence-electron chi connectivity index (χ3n) is 3.55. The first-order valence-electron chi connectivity index (χ1n) is 7.90. The summed E-state index contributed by atoms with van der Waals surface area (Å²) >= 11 is 0. The highest BCUT2D eigenvalue weighted by Gasteiger charge is 2.38.